The van der Waals surface area contributed by atoms with Crippen LogP contribution in [-0.4, -0.2) is 0 Å². The van der Waals surface area contributed by atoms with Crippen molar-refractivity contribution in [1.82, 2.24) is 0 Å². The van der Waals surface area contributed by atoms with E-state index in [4.69, 9.17) is 20.3 Å². The van der Waals surface area contributed by atoms with Crippen LogP contribution in [0.1, 0.15) is 5.56 Å². The van der Waals surface area contributed by atoms with Gasteiger partial charge < -0.3 is 20.3 Å². The molecule has 5 aromatic rings. The molecule has 2 aromatic heterocycles. The molecular formula is C19H14N2O2. The van der Waals surface area contributed by atoms with E-state index in [2.05, 4.69) is 6.07 Å². The van der Waals surface area contributed by atoms with Crippen LogP contribution < -0.4 is 11.5 Å². The maximum atomic E-state index is 6.02. The lowest BCUT2D eigenvalue weighted by Crippen LogP contribution is -1.94. The summed E-state index contributed by atoms with van der Waals surface area (Å²) in [7, 11) is 0. The lowest BCUT2D eigenvalue weighted by molar-refractivity contribution is 0.663. The maximum Gasteiger partial charge on any atom is 0.137 e. The number of nitrogen functional groups attached to an aromatic ring is 1. The van der Waals surface area contributed by atoms with E-state index in [1.54, 1.807) is 0 Å². The second-order valence-electron chi connectivity index (χ2n) is 5.84. The number of hydrogen-bond acceptors (Lipinski definition) is 4. The van der Waals surface area contributed by atoms with Crippen LogP contribution in [0.3, 0.4) is 0 Å². The SMILES string of the molecule is NCc1ccc2c(c1)oc1cc3c(cc12)oc1cc(N)ccc13. The van der Waals surface area contributed by atoms with Crippen molar-refractivity contribution in [3.05, 3.63) is 54.1 Å². The highest BCUT2D eigenvalue weighted by molar-refractivity contribution is 6.14. The lowest BCUT2D eigenvalue weighted by Gasteiger charge is -1.94. The molecule has 0 radical (unpaired) electrons. The summed E-state index contributed by atoms with van der Waals surface area (Å²) in [5.74, 6) is 0. The van der Waals surface area contributed by atoms with Crippen LogP contribution in [0.25, 0.3) is 43.9 Å². The van der Waals surface area contributed by atoms with E-state index in [0.717, 1.165) is 49.4 Å². The molecule has 0 aliphatic heterocycles. The summed E-state index contributed by atoms with van der Waals surface area (Å²) in [4.78, 5) is 0. The molecule has 4 nitrogen and oxygen atoms in total. The van der Waals surface area contributed by atoms with E-state index in [1.807, 2.05) is 42.5 Å². The summed E-state index contributed by atoms with van der Waals surface area (Å²) in [6.07, 6.45) is 0. The van der Waals surface area contributed by atoms with Crippen LogP contribution in [0.15, 0.2) is 57.4 Å². The first-order valence-electron chi connectivity index (χ1n) is 7.50. The zero-order valence-corrected chi connectivity index (χ0v) is 12.3. The average molecular weight is 302 g/mol. The fourth-order valence-electron chi connectivity index (χ4n) is 3.23. The van der Waals surface area contributed by atoms with Gasteiger partial charge in [0.05, 0.1) is 0 Å². The van der Waals surface area contributed by atoms with E-state index in [9.17, 15) is 0 Å². The number of rotatable bonds is 1. The van der Waals surface area contributed by atoms with Gasteiger partial charge in [0.25, 0.3) is 0 Å². The molecule has 0 fully saturated rings. The molecule has 0 aliphatic carbocycles. The van der Waals surface area contributed by atoms with Crippen molar-refractivity contribution in [3.8, 4) is 0 Å². The Labute approximate surface area is 131 Å². The van der Waals surface area contributed by atoms with Crippen molar-refractivity contribution in [2.24, 2.45) is 5.73 Å². The predicted octanol–water partition coefficient (Wildman–Crippen LogP) is 4.53. The fraction of sp³-hybridized carbons (Fsp3) is 0.0526. The third-order valence-electron chi connectivity index (χ3n) is 4.39. The Morgan fingerprint density at radius 1 is 0.652 bits per heavy atom. The number of hydrogen-bond donors (Lipinski definition) is 2. The molecule has 4 N–H and O–H groups in total. The Balaban J connectivity index is 1.91. The van der Waals surface area contributed by atoms with Crippen LogP contribution >= 0.6 is 0 Å². The number of furan rings is 2. The van der Waals surface area contributed by atoms with Gasteiger partial charge in [-0.25, -0.2) is 0 Å². The number of anilines is 1. The Morgan fingerprint density at radius 3 is 1.87 bits per heavy atom. The molecular weight excluding hydrogens is 288 g/mol. The van der Waals surface area contributed by atoms with E-state index >= 15 is 0 Å². The molecule has 0 unspecified atom stereocenters. The molecule has 0 aliphatic rings. The zero-order valence-electron chi connectivity index (χ0n) is 12.3. The van der Waals surface area contributed by atoms with Crippen molar-refractivity contribution in [3.63, 3.8) is 0 Å². The van der Waals surface area contributed by atoms with Gasteiger partial charge in [-0.15, -0.1) is 0 Å². The van der Waals surface area contributed by atoms with E-state index in [1.165, 1.54) is 0 Å². The van der Waals surface area contributed by atoms with E-state index in [0.29, 0.717) is 12.2 Å². The minimum atomic E-state index is 0.501. The van der Waals surface area contributed by atoms with Crippen molar-refractivity contribution in [1.29, 1.82) is 0 Å². The molecule has 0 saturated heterocycles. The molecule has 112 valence electrons. The Bertz CT molecular complexity index is 1210. The van der Waals surface area contributed by atoms with Gasteiger partial charge in [-0.2, -0.15) is 0 Å². The molecule has 4 heteroatoms. The zero-order chi connectivity index (χ0) is 15.6. The van der Waals surface area contributed by atoms with Crippen molar-refractivity contribution in [2.45, 2.75) is 6.54 Å². The Morgan fingerprint density at radius 2 is 1.22 bits per heavy atom. The highest BCUT2D eigenvalue weighted by Gasteiger charge is 2.13. The third-order valence-corrected chi connectivity index (χ3v) is 4.39. The van der Waals surface area contributed by atoms with Crippen LogP contribution in [-0.2, 0) is 6.54 Å². The van der Waals surface area contributed by atoms with Gasteiger partial charge >= 0.3 is 0 Å². The van der Waals surface area contributed by atoms with E-state index < -0.39 is 0 Å². The average Bonchev–Trinajstić information content (AvgIpc) is 3.08. The molecule has 0 atom stereocenters. The van der Waals surface area contributed by atoms with Gasteiger partial charge in [-0.05, 0) is 35.9 Å². The van der Waals surface area contributed by atoms with Gasteiger partial charge in [0.2, 0.25) is 0 Å². The van der Waals surface area contributed by atoms with Crippen molar-refractivity contribution in [2.75, 3.05) is 5.73 Å². The fourth-order valence-corrected chi connectivity index (χ4v) is 3.23. The number of fused-ring (bicyclic) bond motifs is 6. The highest BCUT2D eigenvalue weighted by Crippen LogP contribution is 2.37. The van der Waals surface area contributed by atoms with Gasteiger partial charge in [-0.3, -0.25) is 0 Å². The number of nitrogens with two attached hydrogens (primary N) is 2. The Hall–Kier alpha value is -2.98. The smallest absolute Gasteiger partial charge is 0.137 e. The lowest BCUT2D eigenvalue weighted by atomic mass is 10.1. The molecule has 0 spiro atoms. The van der Waals surface area contributed by atoms with Crippen LogP contribution in [0, 0.1) is 0 Å². The molecule has 0 bridgehead atoms. The standard InChI is InChI=1S/C19H14N2O2/c20-9-10-1-3-12-14-7-19-15(8-18(14)22-16(12)5-10)13-4-2-11(21)6-17(13)23-19/h1-8H,9,20-21H2. The normalized spacial score (nSPS) is 12.0. The van der Waals surface area contributed by atoms with Crippen LogP contribution in [0.5, 0.6) is 0 Å². The Kier molecular flexibility index (Phi) is 2.33. The quantitative estimate of drug-likeness (QED) is 0.446. The topological polar surface area (TPSA) is 78.3 Å². The summed E-state index contributed by atoms with van der Waals surface area (Å²) in [6.45, 7) is 0.501. The van der Waals surface area contributed by atoms with Crippen LogP contribution in [0.4, 0.5) is 5.69 Å². The predicted molar refractivity (Wildman–Crippen MR) is 93.3 cm³/mol. The third kappa shape index (κ3) is 1.69. The summed E-state index contributed by atoms with van der Waals surface area (Å²) in [5, 5.41) is 4.19. The van der Waals surface area contributed by atoms with Gasteiger partial charge in [0.15, 0.2) is 0 Å². The van der Waals surface area contributed by atoms with Crippen molar-refractivity contribution >= 4 is 49.6 Å². The van der Waals surface area contributed by atoms with Crippen LogP contribution in [0.2, 0.25) is 0 Å². The number of benzene rings is 3. The minimum Gasteiger partial charge on any atom is -0.456 e. The summed E-state index contributed by atoms with van der Waals surface area (Å²) < 4.78 is 12.0. The summed E-state index contributed by atoms with van der Waals surface area (Å²) in [6, 6.07) is 15.9. The van der Waals surface area contributed by atoms with Gasteiger partial charge in [0.1, 0.15) is 22.3 Å². The molecule has 0 saturated carbocycles. The highest BCUT2D eigenvalue weighted by atomic mass is 16.3. The second kappa shape index (κ2) is 4.27. The first-order chi connectivity index (χ1) is 11.2. The molecule has 2 heterocycles. The van der Waals surface area contributed by atoms with Gasteiger partial charge in [0, 0.05) is 39.8 Å². The molecule has 3 aromatic carbocycles. The molecule has 0 amide bonds. The first-order valence-corrected chi connectivity index (χ1v) is 7.50. The molecule has 23 heavy (non-hydrogen) atoms. The first kappa shape index (κ1) is 12.6. The molecule has 5 rings (SSSR count). The van der Waals surface area contributed by atoms with Crippen molar-refractivity contribution < 1.29 is 8.83 Å². The largest absolute Gasteiger partial charge is 0.456 e. The minimum absolute atomic E-state index is 0.501. The maximum absolute atomic E-state index is 6.02. The second-order valence-corrected chi connectivity index (χ2v) is 5.84. The van der Waals surface area contributed by atoms with Gasteiger partial charge in [-0.1, -0.05) is 12.1 Å². The summed E-state index contributed by atoms with van der Waals surface area (Å²) in [5.41, 5.74) is 16.6. The van der Waals surface area contributed by atoms with E-state index in [-0.39, 0.29) is 0 Å². The summed E-state index contributed by atoms with van der Waals surface area (Å²) >= 11 is 0. The monoisotopic (exact) mass is 302 g/mol.